The minimum atomic E-state index is -1.30. The van der Waals surface area contributed by atoms with Crippen LogP contribution in [0.25, 0.3) is 11.3 Å². The maximum atomic E-state index is 12.5. The Bertz CT molecular complexity index is 888. The first-order chi connectivity index (χ1) is 12.1. The Morgan fingerprint density at radius 3 is 2.56 bits per heavy atom. The number of nitrogens with zero attached hydrogens (tertiary/aromatic N) is 1. The summed E-state index contributed by atoms with van der Waals surface area (Å²) >= 11 is 1.60. The second kappa shape index (κ2) is 7.93. The van der Waals surface area contributed by atoms with Crippen LogP contribution in [0.3, 0.4) is 0 Å². The Labute approximate surface area is 155 Å². The molecule has 2 aromatic carbocycles. The second-order valence-corrected chi connectivity index (χ2v) is 8.34. The highest BCUT2D eigenvalue weighted by Gasteiger charge is 2.16. The predicted molar refractivity (Wildman–Crippen MR) is 107 cm³/mol. The number of anilines is 1. The van der Waals surface area contributed by atoms with Gasteiger partial charge in [-0.1, -0.05) is 55.3 Å². The van der Waals surface area contributed by atoms with Crippen LogP contribution in [0, 0.1) is 13.8 Å². The van der Waals surface area contributed by atoms with Crippen molar-refractivity contribution < 1.29 is 4.21 Å². The first-order valence-electron chi connectivity index (χ1n) is 8.39. The quantitative estimate of drug-likeness (QED) is 0.621. The number of rotatable bonds is 6. The third kappa shape index (κ3) is 4.17. The summed E-state index contributed by atoms with van der Waals surface area (Å²) in [6.45, 7) is 6.38. The van der Waals surface area contributed by atoms with E-state index in [4.69, 9.17) is 4.98 Å². The summed E-state index contributed by atoms with van der Waals surface area (Å²) in [4.78, 5) is 6.76. The van der Waals surface area contributed by atoms with Gasteiger partial charge in [-0.15, -0.1) is 11.3 Å². The van der Waals surface area contributed by atoms with Crippen molar-refractivity contribution in [3.8, 4) is 11.3 Å². The monoisotopic (exact) mass is 370 g/mol. The van der Waals surface area contributed by atoms with Gasteiger partial charge in [0.2, 0.25) is 0 Å². The number of hydrogen-bond donors (Lipinski definition) is 1. The largest absolute Gasteiger partial charge is 0.277 e. The maximum Gasteiger partial charge on any atom is 0.195 e. The highest BCUT2D eigenvalue weighted by Crippen LogP contribution is 2.34. The van der Waals surface area contributed by atoms with Crippen molar-refractivity contribution >= 4 is 27.5 Å². The van der Waals surface area contributed by atoms with Crippen LogP contribution in [0.15, 0.2) is 53.4 Å². The van der Waals surface area contributed by atoms with E-state index >= 15 is 0 Å². The number of thiazole rings is 1. The number of benzene rings is 2. The van der Waals surface area contributed by atoms with Crippen LogP contribution in [-0.4, -0.2) is 9.19 Å². The lowest BCUT2D eigenvalue weighted by atomic mass is 10.0. The lowest BCUT2D eigenvalue weighted by molar-refractivity contribution is 0.686. The summed E-state index contributed by atoms with van der Waals surface area (Å²) in [6, 6.07) is 15.8. The van der Waals surface area contributed by atoms with Gasteiger partial charge in [0.05, 0.1) is 10.6 Å². The summed E-state index contributed by atoms with van der Waals surface area (Å²) in [7, 11) is -1.30. The van der Waals surface area contributed by atoms with Crippen LogP contribution in [0.4, 0.5) is 5.13 Å². The second-order valence-electron chi connectivity index (χ2n) is 6.04. The zero-order chi connectivity index (χ0) is 17.8. The number of aryl methyl sites for hydroxylation is 3. The zero-order valence-electron chi connectivity index (χ0n) is 14.7. The molecule has 0 saturated carbocycles. The van der Waals surface area contributed by atoms with E-state index in [1.54, 1.807) is 11.3 Å². The minimum absolute atomic E-state index is 0.709. The van der Waals surface area contributed by atoms with Crippen LogP contribution in [0.2, 0.25) is 0 Å². The highest BCUT2D eigenvalue weighted by atomic mass is 32.2. The van der Waals surface area contributed by atoms with E-state index in [1.165, 1.54) is 16.0 Å². The van der Waals surface area contributed by atoms with E-state index in [9.17, 15) is 4.21 Å². The van der Waals surface area contributed by atoms with Gasteiger partial charge in [-0.3, -0.25) is 4.72 Å². The minimum Gasteiger partial charge on any atom is -0.277 e. The summed E-state index contributed by atoms with van der Waals surface area (Å²) in [6.07, 6.45) is 2.03. The molecular weight excluding hydrogens is 348 g/mol. The van der Waals surface area contributed by atoms with Gasteiger partial charge in [-0.25, -0.2) is 9.19 Å². The van der Waals surface area contributed by atoms with E-state index in [0.29, 0.717) is 5.13 Å². The molecule has 5 heteroatoms. The smallest absolute Gasteiger partial charge is 0.195 e. The Hall–Kier alpha value is -1.98. The third-order valence-electron chi connectivity index (χ3n) is 3.95. The fraction of sp³-hybridized carbons (Fsp3) is 0.250. The molecule has 130 valence electrons. The molecule has 0 spiro atoms. The van der Waals surface area contributed by atoms with Crippen molar-refractivity contribution in [2.45, 2.75) is 38.5 Å². The molecule has 1 atom stereocenters. The molecule has 0 aliphatic rings. The van der Waals surface area contributed by atoms with E-state index < -0.39 is 11.0 Å². The first-order valence-corrected chi connectivity index (χ1v) is 10.4. The summed E-state index contributed by atoms with van der Waals surface area (Å²) in [5.41, 5.74) is 4.64. The molecule has 0 radical (unpaired) electrons. The van der Waals surface area contributed by atoms with Gasteiger partial charge in [-0.2, -0.15) is 0 Å². The molecule has 3 rings (SSSR count). The highest BCUT2D eigenvalue weighted by molar-refractivity contribution is 7.86. The van der Waals surface area contributed by atoms with Crippen LogP contribution in [0.1, 0.15) is 29.3 Å². The van der Waals surface area contributed by atoms with E-state index in [2.05, 4.69) is 43.7 Å². The normalized spacial score (nSPS) is 12.1. The van der Waals surface area contributed by atoms with Crippen molar-refractivity contribution in [1.29, 1.82) is 0 Å². The summed E-state index contributed by atoms with van der Waals surface area (Å²) in [5, 5.41) is 0.709. The van der Waals surface area contributed by atoms with Gasteiger partial charge in [0.1, 0.15) is 0 Å². The van der Waals surface area contributed by atoms with Gasteiger partial charge >= 0.3 is 0 Å². The molecule has 0 saturated heterocycles. The van der Waals surface area contributed by atoms with Crippen molar-refractivity contribution in [2.24, 2.45) is 0 Å². The fourth-order valence-electron chi connectivity index (χ4n) is 2.76. The molecule has 3 nitrogen and oxygen atoms in total. The Balaban J connectivity index is 1.93. The van der Waals surface area contributed by atoms with Crippen LogP contribution in [0.5, 0.6) is 0 Å². The predicted octanol–water partition coefficient (Wildman–Crippen LogP) is 5.51. The van der Waals surface area contributed by atoms with Crippen LogP contribution in [-0.2, 0) is 17.4 Å². The van der Waals surface area contributed by atoms with Crippen molar-refractivity contribution in [2.75, 3.05) is 4.72 Å². The maximum absolute atomic E-state index is 12.5. The number of hydrogen-bond acceptors (Lipinski definition) is 3. The van der Waals surface area contributed by atoms with E-state index in [-0.39, 0.29) is 0 Å². The molecule has 3 aromatic rings. The standard InChI is InChI=1S/C20H22N2OS2/c1-4-8-18-19(17-12-11-14(2)13-15(17)3)21-20(24-18)22-25(23)16-9-6-5-7-10-16/h5-7,9-13H,4,8H2,1-3H3,(H,21,22). The average Bonchev–Trinajstić information content (AvgIpc) is 2.98. The molecule has 1 N–H and O–H groups in total. The number of nitrogens with one attached hydrogen (secondary N) is 1. The van der Waals surface area contributed by atoms with Crippen molar-refractivity contribution in [1.82, 2.24) is 4.98 Å². The topological polar surface area (TPSA) is 42.0 Å². The van der Waals surface area contributed by atoms with Gasteiger partial charge in [0, 0.05) is 10.4 Å². The van der Waals surface area contributed by atoms with E-state index in [0.717, 1.165) is 29.0 Å². The van der Waals surface area contributed by atoms with Crippen LogP contribution < -0.4 is 4.72 Å². The van der Waals surface area contributed by atoms with Gasteiger partial charge in [0.25, 0.3) is 0 Å². The first kappa shape index (κ1) is 17.8. The van der Waals surface area contributed by atoms with Gasteiger partial charge in [-0.05, 0) is 38.0 Å². The summed E-state index contributed by atoms with van der Waals surface area (Å²) < 4.78 is 15.6. The summed E-state index contributed by atoms with van der Waals surface area (Å²) in [5.74, 6) is 0. The van der Waals surface area contributed by atoms with Crippen LogP contribution >= 0.6 is 11.3 Å². The molecule has 25 heavy (non-hydrogen) atoms. The van der Waals surface area contributed by atoms with E-state index in [1.807, 2.05) is 30.3 Å². The molecule has 1 aromatic heterocycles. The molecular formula is C20H22N2OS2. The SMILES string of the molecule is CCCc1sc(NS(=O)c2ccccc2)nc1-c1ccc(C)cc1C. The van der Waals surface area contributed by atoms with Gasteiger partial charge in [0.15, 0.2) is 16.1 Å². The Morgan fingerprint density at radius 1 is 1.12 bits per heavy atom. The fourth-order valence-corrected chi connectivity index (χ4v) is 4.81. The van der Waals surface area contributed by atoms with Crippen molar-refractivity contribution in [3.05, 3.63) is 64.5 Å². The number of aromatic nitrogens is 1. The Morgan fingerprint density at radius 2 is 1.88 bits per heavy atom. The van der Waals surface area contributed by atoms with Crippen molar-refractivity contribution in [3.63, 3.8) is 0 Å². The molecule has 0 aliphatic carbocycles. The molecule has 0 amide bonds. The molecule has 0 aliphatic heterocycles. The molecule has 1 unspecified atom stereocenters. The zero-order valence-corrected chi connectivity index (χ0v) is 16.3. The Kier molecular flexibility index (Phi) is 5.66. The molecule has 0 fully saturated rings. The van der Waals surface area contributed by atoms with Gasteiger partial charge < -0.3 is 0 Å². The third-order valence-corrected chi connectivity index (χ3v) is 6.19. The molecule has 1 heterocycles. The average molecular weight is 371 g/mol. The lowest BCUT2D eigenvalue weighted by Crippen LogP contribution is -2.04. The lowest BCUT2D eigenvalue weighted by Gasteiger charge is -2.06. The molecule has 0 bridgehead atoms.